The summed E-state index contributed by atoms with van der Waals surface area (Å²) < 4.78 is 10.5. The van der Waals surface area contributed by atoms with Crippen LogP contribution in [0.4, 0.5) is 4.79 Å². The first-order valence-electron chi connectivity index (χ1n) is 10.7. The van der Waals surface area contributed by atoms with Gasteiger partial charge in [0, 0.05) is 6.42 Å². The number of carbonyl (C=O) groups is 2. The van der Waals surface area contributed by atoms with Crippen LogP contribution in [0.15, 0.2) is 29.8 Å². The maximum Gasteiger partial charge on any atom is 0.408 e. The van der Waals surface area contributed by atoms with Crippen molar-refractivity contribution in [2.45, 2.75) is 72.4 Å². The molecule has 0 aliphatic heterocycles. The van der Waals surface area contributed by atoms with Gasteiger partial charge >= 0.3 is 12.1 Å². The number of aromatic nitrogens is 1. The Kier molecular flexibility index (Phi) is 9.04. The normalized spacial score (nSPS) is 13.4. The van der Waals surface area contributed by atoms with Gasteiger partial charge in [-0.05, 0) is 64.5 Å². The summed E-state index contributed by atoms with van der Waals surface area (Å²) in [5.41, 5.74) is 4.39. The molecule has 1 aromatic heterocycles. The maximum absolute atomic E-state index is 12.4. The number of esters is 1. The highest BCUT2D eigenvalue weighted by Gasteiger charge is 2.22. The van der Waals surface area contributed by atoms with Gasteiger partial charge in [-0.25, -0.2) is 9.78 Å². The van der Waals surface area contributed by atoms with Crippen molar-refractivity contribution in [3.8, 4) is 10.4 Å². The molecular weight excluding hydrogens is 412 g/mol. The van der Waals surface area contributed by atoms with Gasteiger partial charge in [-0.15, -0.1) is 11.3 Å². The van der Waals surface area contributed by atoms with E-state index in [4.69, 9.17) is 9.47 Å². The lowest BCUT2D eigenvalue weighted by atomic mass is 9.94. The van der Waals surface area contributed by atoms with Crippen molar-refractivity contribution in [3.05, 3.63) is 41.0 Å². The van der Waals surface area contributed by atoms with Crippen LogP contribution in [0, 0.1) is 12.8 Å². The maximum atomic E-state index is 12.4. The highest BCUT2D eigenvalue weighted by atomic mass is 32.1. The molecule has 1 N–H and O–H groups in total. The van der Waals surface area contributed by atoms with Crippen LogP contribution in [-0.4, -0.2) is 29.3 Å². The summed E-state index contributed by atoms with van der Waals surface area (Å²) in [5.74, 6) is -0.0305. The lowest BCUT2D eigenvalue weighted by molar-refractivity contribution is -0.144. The van der Waals surface area contributed by atoms with Gasteiger partial charge in [0.2, 0.25) is 0 Å². The topological polar surface area (TPSA) is 77.5 Å². The summed E-state index contributed by atoms with van der Waals surface area (Å²) in [7, 11) is 0. The molecular formula is C24H34N2O4S. The summed E-state index contributed by atoms with van der Waals surface area (Å²) in [6.45, 7) is 11.7. The van der Waals surface area contributed by atoms with Gasteiger partial charge in [-0.2, -0.15) is 0 Å². The Morgan fingerprint density at radius 2 is 1.84 bits per heavy atom. The SMILES string of the molecule is CCOC(=O)CC(C)CC[C@H](NC(=O)OC(C)(C)C)c1ccc(-c2scnc2C)cc1. The van der Waals surface area contributed by atoms with E-state index in [0.29, 0.717) is 19.4 Å². The monoisotopic (exact) mass is 446 g/mol. The number of hydrogen-bond acceptors (Lipinski definition) is 6. The lowest BCUT2D eigenvalue weighted by Crippen LogP contribution is -2.35. The average Bonchev–Trinajstić information content (AvgIpc) is 3.10. The minimum absolute atomic E-state index is 0.154. The van der Waals surface area contributed by atoms with Crippen molar-refractivity contribution < 1.29 is 19.1 Å². The van der Waals surface area contributed by atoms with Gasteiger partial charge < -0.3 is 14.8 Å². The van der Waals surface area contributed by atoms with Gasteiger partial charge in [0.05, 0.1) is 28.7 Å². The molecule has 0 aliphatic carbocycles. The van der Waals surface area contributed by atoms with Gasteiger partial charge in [-0.1, -0.05) is 31.2 Å². The Bertz CT molecular complexity index is 855. The van der Waals surface area contributed by atoms with Crippen molar-refractivity contribution in [2.75, 3.05) is 6.61 Å². The molecule has 6 nitrogen and oxygen atoms in total. The third-order valence-electron chi connectivity index (χ3n) is 4.78. The first-order chi connectivity index (χ1) is 14.6. The predicted octanol–water partition coefficient (Wildman–Crippen LogP) is 6.05. The van der Waals surface area contributed by atoms with E-state index >= 15 is 0 Å². The van der Waals surface area contributed by atoms with Crippen LogP contribution in [-0.2, 0) is 14.3 Å². The molecule has 2 aromatic rings. The fourth-order valence-electron chi connectivity index (χ4n) is 3.28. The third-order valence-corrected chi connectivity index (χ3v) is 5.76. The van der Waals surface area contributed by atoms with E-state index in [1.807, 2.05) is 52.3 Å². The average molecular weight is 447 g/mol. The predicted molar refractivity (Wildman–Crippen MR) is 124 cm³/mol. The van der Waals surface area contributed by atoms with Gasteiger partial charge in [0.15, 0.2) is 0 Å². The Labute approximate surface area is 189 Å². The number of nitrogens with one attached hydrogen (secondary N) is 1. The fourth-order valence-corrected chi connectivity index (χ4v) is 4.09. The summed E-state index contributed by atoms with van der Waals surface area (Å²) in [5, 5.41) is 3.00. The molecule has 1 heterocycles. The van der Waals surface area contributed by atoms with Crippen LogP contribution < -0.4 is 5.32 Å². The second-order valence-electron chi connectivity index (χ2n) is 8.78. The molecule has 0 fully saturated rings. The van der Waals surface area contributed by atoms with Crippen molar-refractivity contribution in [3.63, 3.8) is 0 Å². The molecule has 0 saturated carbocycles. The third kappa shape index (κ3) is 8.32. The lowest BCUT2D eigenvalue weighted by Gasteiger charge is -2.25. The largest absolute Gasteiger partial charge is 0.466 e. The number of amides is 1. The van der Waals surface area contributed by atoms with E-state index in [2.05, 4.69) is 22.4 Å². The molecule has 0 saturated heterocycles. The van der Waals surface area contributed by atoms with Crippen LogP contribution >= 0.6 is 11.3 Å². The van der Waals surface area contributed by atoms with Crippen LogP contribution in [0.25, 0.3) is 10.4 Å². The molecule has 1 unspecified atom stereocenters. The van der Waals surface area contributed by atoms with E-state index in [-0.39, 0.29) is 17.9 Å². The number of aryl methyl sites for hydroxylation is 1. The Balaban J connectivity index is 2.12. The summed E-state index contributed by atoms with van der Waals surface area (Å²) in [6.07, 6.45) is 1.39. The number of hydrogen-bond donors (Lipinski definition) is 1. The van der Waals surface area contributed by atoms with E-state index in [1.54, 1.807) is 18.3 Å². The quantitative estimate of drug-likeness (QED) is 0.474. The highest BCUT2D eigenvalue weighted by molar-refractivity contribution is 7.13. The van der Waals surface area contributed by atoms with Crippen LogP contribution in [0.2, 0.25) is 0 Å². The number of rotatable bonds is 9. The van der Waals surface area contributed by atoms with Gasteiger partial charge in [0.1, 0.15) is 5.60 Å². The number of ether oxygens (including phenoxy) is 2. The van der Waals surface area contributed by atoms with Crippen molar-refractivity contribution in [1.29, 1.82) is 0 Å². The van der Waals surface area contributed by atoms with Crippen LogP contribution in [0.5, 0.6) is 0 Å². The molecule has 7 heteroatoms. The van der Waals surface area contributed by atoms with Crippen LogP contribution in [0.3, 0.4) is 0 Å². The fraction of sp³-hybridized carbons (Fsp3) is 0.542. The zero-order valence-corrected chi connectivity index (χ0v) is 20.2. The number of thiazole rings is 1. The first-order valence-corrected chi connectivity index (χ1v) is 11.6. The zero-order valence-electron chi connectivity index (χ0n) is 19.4. The molecule has 2 atom stereocenters. The van der Waals surface area contributed by atoms with Crippen molar-refractivity contribution in [1.82, 2.24) is 10.3 Å². The molecule has 1 amide bonds. The minimum atomic E-state index is -0.570. The standard InChI is InChI=1S/C24H34N2O4S/c1-7-29-21(27)14-16(2)8-13-20(26-23(28)30-24(4,5)6)18-9-11-19(12-10-18)22-17(3)25-15-31-22/h9-12,15-16,20H,7-8,13-14H2,1-6H3,(H,26,28)/t16?,20-/m0/s1. The number of alkyl carbamates (subject to hydrolysis) is 1. The van der Waals surface area contributed by atoms with Crippen LogP contribution in [0.1, 0.15) is 71.2 Å². The number of carbonyl (C=O) groups excluding carboxylic acids is 2. The zero-order chi connectivity index (χ0) is 23.0. The molecule has 1 aromatic carbocycles. The summed E-state index contributed by atoms with van der Waals surface area (Å²) in [6, 6.07) is 7.97. The minimum Gasteiger partial charge on any atom is -0.466 e. The second kappa shape index (κ2) is 11.3. The first kappa shape index (κ1) is 24.9. The molecule has 2 rings (SSSR count). The van der Waals surface area contributed by atoms with Crippen molar-refractivity contribution in [2.24, 2.45) is 5.92 Å². The molecule has 31 heavy (non-hydrogen) atoms. The summed E-state index contributed by atoms with van der Waals surface area (Å²) >= 11 is 1.61. The molecule has 0 radical (unpaired) electrons. The Hall–Kier alpha value is -2.41. The van der Waals surface area contributed by atoms with Crippen molar-refractivity contribution >= 4 is 23.4 Å². The summed E-state index contributed by atoms with van der Waals surface area (Å²) in [4.78, 5) is 29.7. The van der Waals surface area contributed by atoms with E-state index in [9.17, 15) is 9.59 Å². The Morgan fingerprint density at radius 3 is 2.39 bits per heavy atom. The van der Waals surface area contributed by atoms with Gasteiger partial charge in [-0.3, -0.25) is 4.79 Å². The molecule has 170 valence electrons. The molecule has 0 spiro atoms. The highest BCUT2D eigenvalue weighted by Crippen LogP contribution is 2.30. The smallest absolute Gasteiger partial charge is 0.408 e. The van der Waals surface area contributed by atoms with E-state index < -0.39 is 11.7 Å². The molecule has 0 aliphatic rings. The van der Waals surface area contributed by atoms with E-state index in [0.717, 1.165) is 28.1 Å². The second-order valence-corrected chi connectivity index (χ2v) is 9.63. The Morgan fingerprint density at radius 1 is 1.16 bits per heavy atom. The number of nitrogens with zero attached hydrogens (tertiary/aromatic N) is 1. The van der Waals surface area contributed by atoms with E-state index in [1.165, 1.54) is 0 Å². The number of benzene rings is 1. The van der Waals surface area contributed by atoms with Gasteiger partial charge in [0.25, 0.3) is 0 Å². The molecule has 0 bridgehead atoms.